The molecule has 0 aliphatic carbocycles. The zero-order valence-corrected chi connectivity index (χ0v) is 17.3. The highest BCUT2D eigenvalue weighted by atomic mass is 35.5. The number of rotatable bonds is 6. The second-order valence-electron chi connectivity index (χ2n) is 6.51. The Labute approximate surface area is 173 Å². The van der Waals surface area contributed by atoms with Gasteiger partial charge in [0.15, 0.2) is 0 Å². The van der Waals surface area contributed by atoms with Gasteiger partial charge in [0.05, 0.1) is 4.90 Å². The number of halogens is 4. The molecule has 1 aromatic heterocycles. The Kier molecular flexibility index (Phi) is 6.87. The molecule has 0 aliphatic heterocycles. The Hall–Kier alpha value is -2.23. The second kappa shape index (κ2) is 8.64. The second-order valence-corrected chi connectivity index (χ2v) is 8.39. The van der Waals surface area contributed by atoms with Crippen molar-refractivity contribution < 1.29 is 26.3 Å². The molecule has 0 aliphatic rings. The minimum Gasteiger partial charge on any atom is -0.404 e. The summed E-state index contributed by atoms with van der Waals surface area (Å²) in [5.74, 6) is -0.750. The Morgan fingerprint density at radius 3 is 2.28 bits per heavy atom. The maximum Gasteiger partial charge on any atom is 0.573 e. The van der Waals surface area contributed by atoms with Crippen molar-refractivity contribution in [1.29, 1.82) is 0 Å². The molecule has 1 heterocycles. The van der Waals surface area contributed by atoms with Crippen molar-refractivity contribution in [2.24, 2.45) is 0 Å². The number of hydrogen-bond donors (Lipinski definition) is 0. The van der Waals surface area contributed by atoms with Gasteiger partial charge in [0, 0.05) is 30.2 Å². The number of nitrogens with zero attached hydrogens (tertiary/aromatic N) is 2. The molecule has 0 N–H and O–H groups in total. The van der Waals surface area contributed by atoms with E-state index < -0.39 is 26.8 Å². The summed E-state index contributed by atoms with van der Waals surface area (Å²) in [4.78, 5) is 1.37. The van der Waals surface area contributed by atoms with Gasteiger partial charge >= 0.3 is 6.36 Å². The van der Waals surface area contributed by atoms with Crippen LogP contribution in [0.2, 0.25) is 0 Å². The van der Waals surface area contributed by atoms with Crippen molar-refractivity contribution >= 4 is 33.1 Å². The third kappa shape index (κ3) is 5.04. The van der Waals surface area contributed by atoms with E-state index in [4.69, 9.17) is 0 Å². The highest BCUT2D eigenvalue weighted by Gasteiger charge is 2.35. The van der Waals surface area contributed by atoms with E-state index in [1.165, 1.54) is 18.3 Å². The fourth-order valence-electron chi connectivity index (χ4n) is 2.92. The third-order valence-electron chi connectivity index (χ3n) is 4.19. The molecule has 3 aromatic rings. The Morgan fingerprint density at radius 2 is 1.62 bits per heavy atom. The van der Waals surface area contributed by atoms with Gasteiger partial charge in [0.25, 0.3) is 0 Å². The topological polar surface area (TPSA) is 51.5 Å². The van der Waals surface area contributed by atoms with E-state index >= 15 is 0 Å². The van der Waals surface area contributed by atoms with Crippen molar-refractivity contribution in [2.45, 2.75) is 22.7 Å². The first kappa shape index (κ1) is 23.1. The molecule has 0 fully saturated rings. The molecule has 0 bridgehead atoms. The highest BCUT2D eigenvalue weighted by Crippen LogP contribution is 2.36. The van der Waals surface area contributed by atoms with Gasteiger partial charge in [-0.2, -0.15) is 0 Å². The van der Waals surface area contributed by atoms with E-state index in [0.717, 1.165) is 12.1 Å². The van der Waals surface area contributed by atoms with E-state index in [2.05, 4.69) is 4.74 Å². The van der Waals surface area contributed by atoms with Gasteiger partial charge in [-0.15, -0.1) is 25.6 Å². The summed E-state index contributed by atoms with van der Waals surface area (Å²) in [5.41, 5.74) is 0.692. The molecule has 0 spiro atoms. The van der Waals surface area contributed by atoms with Crippen LogP contribution in [0.15, 0.2) is 64.5 Å². The third-order valence-corrected chi connectivity index (χ3v) is 6.01. The normalized spacial score (nSPS) is 12.2. The first-order valence-corrected chi connectivity index (χ1v) is 9.90. The molecule has 0 unspecified atom stereocenters. The minimum absolute atomic E-state index is 0. The monoisotopic (exact) mass is 448 g/mol. The number of hydrogen-bond acceptors (Lipinski definition) is 4. The fraction of sp³-hybridized carbons (Fsp3) is 0.263. The lowest BCUT2D eigenvalue weighted by Crippen LogP contribution is -2.19. The molecule has 3 rings (SSSR count). The van der Waals surface area contributed by atoms with Crippen molar-refractivity contribution in [2.75, 3.05) is 20.6 Å². The summed E-state index contributed by atoms with van der Waals surface area (Å²) in [6.07, 6.45) is -3.53. The van der Waals surface area contributed by atoms with Crippen LogP contribution in [0.3, 0.4) is 0 Å². The van der Waals surface area contributed by atoms with Crippen LogP contribution < -0.4 is 4.74 Å². The van der Waals surface area contributed by atoms with Gasteiger partial charge in [-0.25, -0.2) is 8.42 Å². The average molecular weight is 449 g/mol. The minimum atomic E-state index is -4.99. The van der Waals surface area contributed by atoms with Gasteiger partial charge in [0.1, 0.15) is 10.6 Å². The van der Waals surface area contributed by atoms with E-state index in [1.54, 1.807) is 28.8 Å². The summed E-state index contributed by atoms with van der Waals surface area (Å²) in [7, 11) is -0.452. The van der Waals surface area contributed by atoms with Crippen LogP contribution in [-0.4, -0.2) is 44.9 Å². The Bertz CT molecular complexity index is 1100. The lowest BCUT2D eigenvalue weighted by Gasteiger charge is -2.13. The van der Waals surface area contributed by atoms with Gasteiger partial charge in [-0.05, 0) is 32.3 Å². The van der Waals surface area contributed by atoms with Crippen molar-refractivity contribution in [3.8, 4) is 5.75 Å². The molecule has 10 heteroatoms. The van der Waals surface area contributed by atoms with E-state index in [0.29, 0.717) is 24.0 Å². The van der Waals surface area contributed by atoms with Gasteiger partial charge < -0.3 is 14.2 Å². The molecule has 5 nitrogen and oxygen atoms in total. The Balaban J connectivity index is 0.00000300. The van der Waals surface area contributed by atoms with Gasteiger partial charge in [-0.3, -0.25) is 0 Å². The molecule has 0 radical (unpaired) electrons. The SMILES string of the molecule is CN(C)CCn1cc(S(=O)(=O)c2ccccc2OC(F)(F)F)c2ccccc21.Cl. The molecule has 158 valence electrons. The predicted octanol–water partition coefficient (Wildman–Crippen LogP) is 4.36. The van der Waals surface area contributed by atoms with Crippen LogP contribution in [0, 0.1) is 0 Å². The molecular formula is C19H20ClF3N2O3S. The van der Waals surface area contributed by atoms with Crippen molar-refractivity contribution in [3.63, 3.8) is 0 Å². The lowest BCUT2D eigenvalue weighted by atomic mass is 10.2. The van der Waals surface area contributed by atoms with Crippen molar-refractivity contribution in [3.05, 3.63) is 54.7 Å². The Morgan fingerprint density at radius 1 is 1.00 bits per heavy atom. The number of ether oxygens (including phenoxy) is 1. The molecule has 0 amide bonds. The predicted molar refractivity (Wildman–Crippen MR) is 106 cm³/mol. The number of alkyl halides is 3. The maximum atomic E-state index is 13.2. The van der Waals surface area contributed by atoms with Gasteiger partial charge in [-0.1, -0.05) is 30.3 Å². The number of fused-ring (bicyclic) bond motifs is 1. The molecule has 0 saturated carbocycles. The maximum absolute atomic E-state index is 13.2. The smallest absolute Gasteiger partial charge is 0.404 e. The van der Waals surface area contributed by atoms with E-state index in [-0.39, 0.29) is 17.3 Å². The van der Waals surface area contributed by atoms with Crippen LogP contribution in [-0.2, 0) is 16.4 Å². The molecule has 0 atom stereocenters. The fourth-order valence-corrected chi connectivity index (χ4v) is 4.52. The van der Waals surface area contributed by atoms with Crippen LogP contribution in [0.25, 0.3) is 10.9 Å². The number of para-hydroxylation sites is 2. The summed E-state index contributed by atoms with van der Waals surface area (Å²) >= 11 is 0. The number of sulfone groups is 1. The number of benzene rings is 2. The first-order valence-electron chi connectivity index (χ1n) is 8.42. The summed E-state index contributed by atoms with van der Waals surface area (Å²) < 4.78 is 70.4. The summed E-state index contributed by atoms with van der Waals surface area (Å²) in [6, 6.07) is 11.7. The molecule has 2 aromatic carbocycles. The quantitative estimate of drug-likeness (QED) is 0.562. The van der Waals surface area contributed by atoms with Crippen molar-refractivity contribution in [1.82, 2.24) is 9.47 Å². The zero-order valence-electron chi connectivity index (χ0n) is 15.7. The van der Waals surface area contributed by atoms with Crippen LogP contribution in [0.4, 0.5) is 13.2 Å². The van der Waals surface area contributed by atoms with Gasteiger partial charge in [0.2, 0.25) is 9.84 Å². The van der Waals surface area contributed by atoms with Crippen LogP contribution in [0.1, 0.15) is 0 Å². The highest BCUT2D eigenvalue weighted by molar-refractivity contribution is 7.91. The van der Waals surface area contributed by atoms with E-state index in [1.807, 2.05) is 19.0 Å². The largest absolute Gasteiger partial charge is 0.573 e. The summed E-state index contributed by atoms with van der Waals surface area (Å²) in [6.45, 7) is 1.20. The molecule has 29 heavy (non-hydrogen) atoms. The lowest BCUT2D eigenvalue weighted by molar-refractivity contribution is -0.275. The molecular weight excluding hydrogens is 429 g/mol. The van der Waals surface area contributed by atoms with Crippen LogP contribution in [0.5, 0.6) is 5.75 Å². The number of likely N-dealkylation sites (N-methyl/N-ethyl adjacent to an activating group) is 1. The van der Waals surface area contributed by atoms with E-state index in [9.17, 15) is 21.6 Å². The summed E-state index contributed by atoms with van der Waals surface area (Å²) in [5, 5.41) is 0.447. The number of aromatic nitrogens is 1. The molecule has 0 saturated heterocycles. The first-order chi connectivity index (χ1) is 13.1. The van der Waals surface area contributed by atoms with Crippen LogP contribution >= 0.6 is 12.4 Å². The zero-order chi connectivity index (χ0) is 20.5. The standard InChI is InChI=1S/C19H19F3N2O3S.ClH/c1-23(2)11-12-24-13-18(14-7-3-4-8-15(14)24)28(25,26)17-10-6-5-9-16(17)27-19(20,21)22;/h3-10,13H,11-12H2,1-2H3;1H. The average Bonchev–Trinajstić information content (AvgIpc) is 2.98.